The molecule has 0 fully saturated rings. The highest BCUT2D eigenvalue weighted by molar-refractivity contribution is 5.92. The Hall–Kier alpha value is -2.84. The van der Waals surface area contributed by atoms with Crippen molar-refractivity contribution in [1.29, 1.82) is 0 Å². The molecule has 1 aromatic carbocycles. The van der Waals surface area contributed by atoms with Crippen LogP contribution in [0.15, 0.2) is 39.9 Å². The van der Waals surface area contributed by atoms with Crippen molar-refractivity contribution in [2.45, 2.75) is 12.6 Å². The molecular formula is C13H10F3N3O3. The number of carbonyl (C=O) groups excluding carboxylic acids is 1. The molecule has 2 rings (SSSR count). The van der Waals surface area contributed by atoms with Crippen molar-refractivity contribution in [3.8, 4) is 0 Å². The van der Waals surface area contributed by atoms with Crippen LogP contribution in [-0.2, 0) is 17.4 Å². The zero-order valence-corrected chi connectivity index (χ0v) is 11.0. The van der Waals surface area contributed by atoms with Crippen LogP contribution in [0.4, 0.5) is 18.9 Å². The summed E-state index contributed by atoms with van der Waals surface area (Å²) in [6.07, 6.45) is -4.87. The molecule has 3 N–H and O–H groups in total. The van der Waals surface area contributed by atoms with E-state index in [-0.39, 0.29) is 17.8 Å². The van der Waals surface area contributed by atoms with Gasteiger partial charge in [0.25, 0.3) is 5.56 Å². The highest BCUT2D eigenvalue weighted by Gasteiger charge is 2.30. The first-order valence-electron chi connectivity index (χ1n) is 6.04. The predicted octanol–water partition coefficient (Wildman–Crippen LogP) is 1.26. The summed E-state index contributed by atoms with van der Waals surface area (Å²) in [5, 5.41) is 2.27. The molecule has 0 bridgehead atoms. The van der Waals surface area contributed by atoms with Gasteiger partial charge in [0.05, 0.1) is 12.0 Å². The van der Waals surface area contributed by atoms with Crippen LogP contribution in [0, 0.1) is 0 Å². The number of aromatic nitrogens is 2. The summed E-state index contributed by atoms with van der Waals surface area (Å²) in [5.74, 6) is -0.666. The van der Waals surface area contributed by atoms with Gasteiger partial charge in [-0.05, 0) is 18.2 Å². The number of aromatic amines is 2. The SMILES string of the molecule is O=C(Cc1cc(=O)[nH]c(=O)[nH]1)Nc1cccc(C(F)(F)F)c1. The van der Waals surface area contributed by atoms with Crippen molar-refractivity contribution in [3.05, 3.63) is 62.4 Å². The highest BCUT2D eigenvalue weighted by atomic mass is 19.4. The van der Waals surface area contributed by atoms with Crippen LogP contribution >= 0.6 is 0 Å². The van der Waals surface area contributed by atoms with Gasteiger partial charge in [0, 0.05) is 17.4 Å². The summed E-state index contributed by atoms with van der Waals surface area (Å²) in [5.41, 5.74) is -2.32. The van der Waals surface area contributed by atoms with Gasteiger partial charge in [-0.3, -0.25) is 14.6 Å². The van der Waals surface area contributed by atoms with Crippen LogP contribution in [-0.4, -0.2) is 15.9 Å². The van der Waals surface area contributed by atoms with Gasteiger partial charge in [-0.1, -0.05) is 6.07 Å². The molecule has 0 aliphatic rings. The van der Waals surface area contributed by atoms with E-state index >= 15 is 0 Å². The Labute approximate surface area is 121 Å². The Kier molecular flexibility index (Phi) is 4.15. The number of H-pyrrole nitrogens is 2. The number of rotatable bonds is 3. The molecule has 1 amide bonds. The minimum Gasteiger partial charge on any atom is -0.326 e. The number of alkyl halides is 3. The third-order valence-electron chi connectivity index (χ3n) is 2.64. The van der Waals surface area contributed by atoms with E-state index in [0.717, 1.165) is 24.3 Å². The molecular weight excluding hydrogens is 303 g/mol. The van der Waals surface area contributed by atoms with Crippen molar-refractivity contribution < 1.29 is 18.0 Å². The lowest BCUT2D eigenvalue weighted by Crippen LogP contribution is -2.25. The molecule has 0 spiro atoms. The fourth-order valence-corrected chi connectivity index (χ4v) is 1.77. The summed E-state index contributed by atoms with van der Waals surface area (Å²) >= 11 is 0. The number of hydrogen-bond donors (Lipinski definition) is 3. The molecule has 6 nitrogen and oxygen atoms in total. The molecule has 9 heteroatoms. The van der Waals surface area contributed by atoms with Crippen molar-refractivity contribution in [2.75, 3.05) is 5.32 Å². The molecule has 0 atom stereocenters. The lowest BCUT2D eigenvalue weighted by molar-refractivity contribution is -0.137. The van der Waals surface area contributed by atoms with Crippen molar-refractivity contribution in [3.63, 3.8) is 0 Å². The van der Waals surface area contributed by atoms with Gasteiger partial charge in [0.15, 0.2) is 0 Å². The quantitative estimate of drug-likeness (QED) is 0.796. The maximum absolute atomic E-state index is 12.6. The normalized spacial score (nSPS) is 11.2. The first-order chi connectivity index (χ1) is 10.2. The van der Waals surface area contributed by atoms with E-state index in [0.29, 0.717) is 0 Å². The minimum atomic E-state index is -4.52. The molecule has 0 unspecified atom stereocenters. The van der Waals surface area contributed by atoms with Gasteiger partial charge in [0.2, 0.25) is 5.91 Å². The molecule has 0 aliphatic carbocycles. The second kappa shape index (κ2) is 5.88. The molecule has 0 saturated carbocycles. The van der Waals surface area contributed by atoms with Gasteiger partial charge >= 0.3 is 11.9 Å². The number of benzene rings is 1. The van der Waals surface area contributed by atoms with Gasteiger partial charge in [0.1, 0.15) is 0 Å². The summed E-state index contributed by atoms with van der Waals surface area (Å²) in [6.45, 7) is 0. The topological polar surface area (TPSA) is 94.8 Å². The molecule has 2 aromatic rings. The smallest absolute Gasteiger partial charge is 0.326 e. The van der Waals surface area contributed by atoms with Crippen molar-refractivity contribution >= 4 is 11.6 Å². The first-order valence-corrected chi connectivity index (χ1v) is 6.04. The number of carbonyl (C=O) groups is 1. The minimum absolute atomic E-state index is 0.0352. The van der Waals surface area contributed by atoms with Gasteiger partial charge in [-0.2, -0.15) is 13.2 Å². The standard InChI is InChI=1S/C13H10F3N3O3/c14-13(15,16)7-2-1-3-8(4-7)17-10(20)5-9-6-11(21)19-12(22)18-9/h1-4,6H,5H2,(H,17,20)(H2,18,19,21,22). The van der Waals surface area contributed by atoms with Crippen molar-refractivity contribution in [1.82, 2.24) is 9.97 Å². The average molecular weight is 313 g/mol. The predicted molar refractivity (Wildman–Crippen MR) is 71.5 cm³/mol. The lowest BCUT2D eigenvalue weighted by atomic mass is 10.2. The Balaban J connectivity index is 2.12. The second-order valence-electron chi connectivity index (χ2n) is 4.42. The van der Waals surface area contributed by atoms with Crippen LogP contribution in [0.2, 0.25) is 0 Å². The molecule has 22 heavy (non-hydrogen) atoms. The van der Waals surface area contributed by atoms with E-state index in [9.17, 15) is 27.6 Å². The number of halogens is 3. The van der Waals surface area contributed by atoms with E-state index in [1.54, 1.807) is 0 Å². The number of nitrogens with one attached hydrogen (secondary N) is 3. The Morgan fingerprint density at radius 3 is 2.50 bits per heavy atom. The molecule has 0 saturated heterocycles. The third-order valence-corrected chi connectivity index (χ3v) is 2.64. The zero-order valence-electron chi connectivity index (χ0n) is 11.0. The molecule has 0 aliphatic heterocycles. The Morgan fingerprint density at radius 1 is 1.14 bits per heavy atom. The van der Waals surface area contributed by atoms with Crippen LogP contribution in [0.25, 0.3) is 0 Å². The average Bonchev–Trinajstić information content (AvgIpc) is 2.36. The lowest BCUT2D eigenvalue weighted by Gasteiger charge is -2.09. The second-order valence-corrected chi connectivity index (χ2v) is 4.42. The summed E-state index contributed by atoms with van der Waals surface area (Å²) in [4.78, 5) is 38.0. The fourth-order valence-electron chi connectivity index (χ4n) is 1.77. The molecule has 0 radical (unpaired) electrons. The summed E-state index contributed by atoms with van der Waals surface area (Å²) < 4.78 is 37.7. The number of anilines is 1. The number of hydrogen-bond acceptors (Lipinski definition) is 3. The van der Waals surface area contributed by atoms with Crippen LogP contribution in [0.5, 0.6) is 0 Å². The Morgan fingerprint density at radius 2 is 1.86 bits per heavy atom. The molecule has 116 valence electrons. The first kappa shape index (κ1) is 15.5. The van der Waals surface area contributed by atoms with Gasteiger partial charge in [-0.15, -0.1) is 0 Å². The maximum Gasteiger partial charge on any atom is 0.416 e. The molecule has 1 aromatic heterocycles. The highest BCUT2D eigenvalue weighted by Crippen LogP contribution is 2.30. The van der Waals surface area contributed by atoms with Crippen LogP contribution < -0.4 is 16.6 Å². The van der Waals surface area contributed by atoms with Gasteiger partial charge in [-0.25, -0.2) is 4.79 Å². The fraction of sp³-hybridized carbons (Fsp3) is 0.154. The van der Waals surface area contributed by atoms with E-state index in [1.807, 2.05) is 4.98 Å². The van der Waals surface area contributed by atoms with E-state index in [2.05, 4.69) is 10.3 Å². The van der Waals surface area contributed by atoms with E-state index < -0.39 is 28.9 Å². The summed E-state index contributed by atoms with van der Waals surface area (Å²) in [6, 6.07) is 5.15. The van der Waals surface area contributed by atoms with E-state index in [1.165, 1.54) is 6.07 Å². The Bertz CT molecular complexity index is 780. The summed E-state index contributed by atoms with van der Waals surface area (Å²) in [7, 11) is 0. The van der Waals surface area contributed by atoms with Crippen molar-refractivity contribution in [2.24, 2.45) is 0 Å². The maximum atomic E-state index is 12.6. The largest absolute Gasteiger partial charge is 0.416 e. The monoisotopic (exact) mass is 313 g/mol. The molecule has 1 heterocycles. The number of amides is 1. The van der Waals surface area contributed by atoms with Crippen LogP contribution in [0.1, 0.15) is 11.3 Å². The van der Waals surface area contributed by atoms with E-state index in [4.69, 9.17) is 0 Å². The van der Waals surface area contributed by atoms with Gasteiger partial charge < -0.3 is 10.3 Å². The third kappa shape index (κ3) is 4.08. The van der Waals surface area contributed by atoms with Crippen LogP contribution in [0.3, 0.4) is 0 Å². The zero-order chi connectivity index (χ0) is 16.3.